The number of aromatic amines is 1. The molecule has 0 saturated carbocycles. The zero-order valence-corrected chi connectivity index (χ0v) is 12.1. The Hall–Kier alpha value is -1.97. The fraction of sp³-hybridized carbons (Fsp3) is 0.400. The van der Waals surface area contributed by atoms with E-state index in [1.807, 2.05) is 0 Å². The summed E-state index contributed by atoms with van der Waals surface area (Å²) in [7, 11) is 3.31. The van der Waals surface area contributed by atoms with E-state index in [1.165, 1.54) is 5.56 Å². The van der Waals surface area contributed by atoms with Gasteiger partial charge in [0.1, 0.15) is 5.75 Å². The molecular formula is C15H20N2O2. The van der Waals surface area contributed by atoms with Crippen LogP contribution in [-0.2, 0) is 0 Å². The summed E-state index contributed by atoms with van der Waals surface area (Å²) >= 11 is 0. The first-order valence-electron chi connectivity index (χ1n) is 6.34. The molecule has 0 saturated heterocycles. The summed E-state index contributed by atoms with van der Waals surface area (Å²) in [6.45, 7) is 6.38. The van der Waals surface area contributed by atoms with Crippen LogP contribution in [0.4, 0.5) is 0 Å². The van der Waals surface area contributed by atoms with Crippen molar-refractivity contribution in [1.82, 2.24) is 9.97 Å². The highest BCUT2D eigenvalue weighted by Crippen LogP contribution is 2.34. The molecule has 0 atom stereocenters. The van der Waals surface area contributed by atoms with Crippen molar-refractivity contribution in [3.05, 3.63) is 29.5 Å². The van der Waals surface area contributed by atoms with Gasteiger partial charge in [0.2, 0.25) is 0 Å². The summed E-state index contributed by atoms with van der Waals surface area (Å²) in [5.41, 5.74) is 4.42. The fourth-order valence-electron chi connectivity index (χ4n) is 2.16. The molecule has 1 aromatic carbocycles. The van der Waals surface area contributed by atoms with Gasteiger partial charge in [-0.05, 0) is 36.1 Å². The average Bonchev–Trinajstić information content (AvgIpc) is 2.86. The summed E-state index contributed by atoms with van der Waals surface area (Å²) < 4.78 is 10.5. The molecule has 0 aliphatic heterocycles. The van der Waals surface area contributed by atoms with Crippen LogP contribution in [0.25, 0.3) is 11.3 Å². The number of hydrogen-bond acceptors (Lipinski definition) is 3. The quantitative estimate of drug-likeness (QED) is 0.914. The summed E-state index contributed by atoms with van der Waals surface area (Å²) in [6.07, 6.45) is 1.79. The van der Waals surface area contributed by atoms with Crippen molar-refractivity contribution < 1.29 is 9.47 Å². The second kappa shape index (κ2) is 5.34. The third kappa shape index (κ3) is 2.57. The summed E-state index contributed by atoms with van der Waals surface area (Å²) in [5.74, 6) is 1.34. The van der Waals surface area contributed by atoms with E-state index in [0.29, 0.717) is 11.9 Å². The van der Waals surface area contributed by atoms with E-state index >= 15 is 0 Å². The number of nitrogens with zero attached hydrogens (tertiary/aromatic N) is 1. The molecule has 0 aliphatic carbocycles. The lowest BCUT2D eigenvalue weighted by Crippen LogP contribution is -1.97. The highest BCUT2D eigenvalue weighted by atomic mass is 16.5. The van der Waals surface area contributed by atoms with Crippen LogP contribution in [0.5, 0.6) is 11.8 Å². The van der Waals surface area contributed by atoms with Gasteiger partial charge in [-0.3, -0.25) is 0 Å². The van der Waals surface area contributed by atoms with E-state index in [-0.39, 0.29) is 0 Å². The van der Waals surface area contributed by atoms with Crippen LogP contribution in [0.3, 0.4) is 0 Å². The predicted octanol–water partition coefficient (Wildman–Crippen LogP) is 3.53. The minimum absolute atomic E-state index is 0.402. The van der Waals surface area contributed by atoms with Crippen molar-refractivity contribution in [3.8, 4) is 23.0 Å². The standard InChI is InChI=1S/C15H20N2O2/c1-9(2)11-7-12(10(3)6-14(11)18-4)13-8-16-15(17-13)19-5/h6-9H,1-5H3,(H,16,17). The molecular weight excluding hydrogens is 240 g/mol. The van der Waals surface area contributed by atoms with Gasteiger partial charge in [0.05, 0.1) is 26.1 Å². The number of H-pyrrole nitrogens is 1. The third-order valence-electron chi connectivity index (χ3n) is 3.23. The molecule has 102 valence electrons. The van der Waals surface area contributed by atoms with E-state index in [2.05, 4.69) is 42.9 Å². The molecule has 4 nitrogen and oxygen atoms in total. The van der Waals surface area contributed by atoms with E-state index in [0.717, 1.165) is 22.6 Å². The predicted molar refractivity (Wildman–Crippen MR) is 76.0 cm³/mol. The smallest absolute Gasteiger partial charge is 0.293 e. The molecule has 2 aromatic rings. The Morgan fingerprint density at radius 2 is 1.89 bits per heavy atom. The number of methoxy groups -OCH3 is 2. The van der Waals surface area contributed by atoms with Crippen molar-refractivity contribution >= 4 is 0 Å². The Morgan fingerprint density at radius 3 is 2.42 bits per heavy atom. The maximum atomic E-state index is 5.45. The molecule has 0 aliphatic rings. The maximum absolute atomic E-state index is 5.45. The Labute approximate surface area is 113 Å². The fourth-order valence-corrected chi connectivity index (χ4v) is 2.16. The third-order valence-corrected chi connectivity index (χ3v) is 3.23. The molecule has 0 radical (unpaired) electrons. The van der Waals surface area contributed by atoms with Crippen molar-refractivity contribution in [3.63, 3.8) is 0 Å². The number of aromatic nitrogens is 2. The summed E-state index contributed by atoms with van der Waals surface area (Å²) in [4.78, 5) is 7.31. The molecule has 19 heavy (non-hydrogen) atoms. The van der Waals surface area contributed by atoms with Gasteiger partial charge in [-0.15, -0.1) is 0 Å². The number of aryl methyl sites for hydroxylation is 1. The molecule has 0 fully saturated rings. The van der Waals surface area contributed by atoms with Gasteiger partial charge in [-0.1, -0.05) is 13.8 Å². The highest BCUT2D eigenvalue weighted by molar-refractivity contribution is 5.66. The number of hydrogen-bond donors (Lipinski definition) is 1. The minimum Gasteiger partial charge on any atom is -0.496 e. The van der Waals surface area contributed by atoms with Gasteiger partial charge in [-0.25, -0.2) is 4.98 Å². The van der Waals surface area contributed by atoms with Crippen LogP contribution in [0.2, 0.25) is 0 Å². The molecule has 4 heteroatoms. The van der Waals surface area contributed by atoms with E-state index in [1.54, 1.807) is 20.4 Å². The lowest BCUT2D eigenvalue weighted by atomic mass is 9.95. The SMILES string of the molecule is COc1ncc(-c2cc(C(C)C)c(OC)cc2C)[nH]1. The first kappa shape index (κ1) is 13.5. The van der Waals surface area contributed by atoms with Crippen LogP contribution < -0.4 is 9.47 Å². The molecule has 0 spiro atoms. The lowest BCUT2D eigenvalue weighted by Gasteiger charge is -2.15. The number of benzene rings is 1. The Kier molecular flexibility index (Phi) is 3.79. The van der Waals surface area contributed by atoms with Crippen molar-refractivity contribution in [2.75, 3.05) is 14.2 Å². The van der Waals surface area contributed by atoms with Crippen LogP contribution >= 0.6 is 0 Å². The first-order valence-corrected chi connectivity index (χ1v) is 6.34. The van der Waals surface area contributed by atoms with Crippen molar-refractivity contribution in [2.24, 2.45) is 0 Å². The van der Waals surface area contributed by atoms with Gasteiger partial charge in [-0.2, -0.15) is 0 Å². The van der Waals surface area contributed by atoms with Gasteiger partial charge in [0.25, 0.3) is 6.01 Å². The zero-order valence-electron chi connectivity index (χ0n) is 12.1. The largest absolute Gasteiger partial charge is 0.496 e. The number of imidazole rings is 1. The van der Waals surface area contributed by atoms with E-state index < -0.39 is 0 Å². The number of rotatable bonds is 4. The Balaban J connectivity index is 2.54. The molecule has 0 unspecified atom stereocenters. The van der Waals surface area contributed by atoms with Crippen LogP contribution in [0, 0.1) is 6.92 Å². The van der Waals surface area contributed by atoms with Crippen molar-refractivity contribution in [1.29, 1.82) is 0 Å². The average molecular weight is 260 g/mol. The highest BCUT2D eigenvalue weighted by Gasteiger charge is 2.13. The first-order chi connectivity index (χ1) is 9.06. The monoisotopic (exact) mass is 260 g/mol. The zero-order chi connectivity index (χ0) is 14.0. The van der Waals surface area contributed by atoms with Crippen LogP contribution in [0.15, 0.2) is 18.3 Å². The van der Waals surface area contributed by atoms with Gasteiger partial charge >= 0.3 is 0 Å². The summed E-state index contributed by atoms with van der Waals surface area (Å²) in [5, 5.41) is 0. The second-order valence-corrected chi connectivity index (χ2v) is 4.87. The molecule has 0 amide bonds. The number of ether oxygens (including phenoxy) is 2. The topological polar surface area (TPSA) is 47.1 Å². The van der Waals surface area contributed by atoms with Gasteiger partial charge < -0.3 is 14.5 Å². The number of nitrogens with one attached hydrogen (secondary N) is 1. The van der Waals surface area contributed by atoms with Crippen LogP contribution in [0.1, 0.15) is 30.9 Å². The van der Waals surface area contributed by atoms with E-state index in [9.17, 15) is 0 Å². The molecule has 2 rings (SSSR count). The molecule has 0 bridgehead atoms. The normalized spacial score (nSPS) is 10.8. The van der Waals surface area contributed by atoms with Crippen molar-refractivity contribution in [2.45, 2.75) is 26.7 Å². The van der Waals surface area contributed by atoms with E-state index in [4.69, 9.17) is 9.47 Å². The molecule has 1 N–H and O–H groups in total. The maximum Gasteiger partial charge on any atom is 0.293 e. The lowest BCUT2D eigenvalue weighted by molar-refractivity contribution is 0.384. The molecule has 1 aromatic heterocycles. The Bertz CT molecular complexity index is 574. The summed E-state index contributed by atoms with van der Waals surface area (Å²) in [6, 6.07) is 4.75. The van der Waals surface area contributed by atoms with Gasteiger partial charge in [0, 0.05) is 5.56 Å². The minimum atomic E-state index is 0.402. The van der Waals surface area contributed by atoms with Crippen LogP contribution in [-0.4, -0.2) is 24.2 Å². The Morgan fingerprint density at radius 1 is 1.16 bits per heavy atom. The second-order valence-electron chi connectivity index (χ2n) is 4.87. The van der Waals surface area contributed by atoms with Gasteiger partial charge in [0.15, 0.2) is 0 Å². The molecule has 1 heterocycles.